The summed E-state index contributed by atoms with van der Waals surface area (Å²) < 4.78 is 0. The van der Waals surface area contributed by atoms with E-state index < -0.39 is 0 Å². The minimum atomic E-state index is 0.0445. The summed E-state index contributed by atoms with van der Waals surface area (Å²) in [7, 11) is 0. The minimum Gasteiger partial charge on any atom is -0.316 e. The molecule has 0 fully saturated rings. The maximum atomic E-state index is 11.7. The van der Waals surface area contributed by atoms with Crippen molar-refractivity contribution in [1.82, 2.24) is 4.90 Å². The van der Waals surface area contributed by atoms with E-state index in [1.807, 2.05) is 55.7 Å². The van der Waals surface area contributed by atoms with Crippen molar-refractivity contribution in [2.75, 3.05) is 6.54 Å². The SMILES string of the molecule is C\C=C/C=C/C=C/C=C/C(=O)N1C=CCCC1. The summed E-state index contributed by atoms with van der Waals surface area (Å²) in [5, 5.41) is 0. The predicted octanol–water partition coefficient (Wildman–Crippen LogP) is 3.37. The van der Waals surface area contributed by atoms with Gasteiger partial charge in [-0.1, -0.05) is 48.6 Å². The van der Waals surface area contributed by atoms with Gasteiger partial charge in [-0.2, -0.15) is 0 Å². The first kappa shape index (κ1) is 13.2. The molecule has 0 spiro atoms. The van der Waals surface area contributed by atoms with Crippen molar-refractivity contribution in [2.45, 2.75) is 19.8 Å². The first-order valence-corrected chi connectivity index (χ1v) is 5.94. The fourth-order valence-electron chi connectivity index (χ4n) is 1.44. The van der Waals surface area contributed by atoms with Crippen molar-refractivity contribution in [3.63, 3.8) is 0 Å². The lowest BCUT2D eigenvalue weighted by molar-refractivity contribution is -0.123. The molecule has 2 nitrogen and oxygen atoms in total. The molecule has 1 amide bonds. The van der Waals surface area contributed by atoms with E-state index in [4.69, 9.17) is 0 Å². The molecule has 90 valence electrons. The number of carbonyl (C=O) groups excluding carboxylic acids is 1. The highest BCUT2D eigenvalue weighted by Gasteiger charge is 2.08. The van der Waals surface area contributed by atoms with Crippen LogP contribution in [0.15, 0.2) is 60.9 Å². The third kappa shape index (κ3) is 5.71. The van der Waals surface area contributed by atoms with Crippen molar-refractivity contribution in [3.8, 4) is 0 Å². The van der Waals surface area contributed by atoms with Crippen molar-refractivity contribution in [3.05, 3.63) is 60.9 Å². The van der Waals surface area contributed by atoms with E-state index in [2.05, 4.69) is 0 Å². The molecule has 1 aliphatic rings. The zero-order chi connectivity index (χ0) is 12.3. The Labute approximate surface area is 103 Å². The number of allylic oxidation sites excluding steroid dienone is 8. The molecule has 0 radical (unpaired) electrons. The maximum Gasteiger partial charge on any atom is 0.250 e. The van der Waals surface area contributed by atoms with Gasteiger partial charge in [0.2, 0.25) is 5.91 Å². The van der Waals surface area contributed by atoms with Crippen LogP contribution in [0, 0.1) is 0 Å². The maximum absolute atomic E-state index is 11.7. The molecule has 0 aromatic heterocycles. The molecule has 1 rings (SSSR count). The number of hydrogen-bond donors (Lipinski definition) is 0. The number of carbonyl (C=O) groups is 1. The molecule has 0 bridgehead atoms. The second-order valence-electron chi connectivity index (χ2n) is 3.71. The van der Waals surface area contributed by atoms with Crippen LogP contribution in [-0.4, -0.2) is 17.4 Å². The second kappa shape index (κ2) is 8.34. The Morgan fingerprint density at radius 2 is 1.82 bits per heavy atom. The first-order valence-electron chi connectivity index (χ1n) is 5.94. The first-order chi connectivity index (χ1) is 8.34. The number of rotatable bonds is 4. The van der Waals surface area contributed by atoms with Crippen molar-refractivity contribution < 1.29 is 4.79 Å². The van der Waals surface area contributed by atoms with Crippen LogP contribution in [0.5, 0.6) is 0 Å². The molecule has 0 N–H and O–H groups in total. The molecule has 0 unspecified atom stereocenters. The summed E-state index contributed by atoms with van der Waals surface area (Å²) in [5.41, 5.74) is 0. The highest BCUT2D eigenvalue weighted by molar-refractivity contribution is 5.88. The summed E-state index contributed by atoms with van der Waals surface area (Å²) in [6.45, 7) is 2.79. The van der Waals surface area contributed by atoms with Crippen LogP contribution >= 0.6 is 0 Å². The van der Waals surface area contributed by atoms with Crippen LogP contribution in [-0.2, 0) is 4.79 Å². The van der Waals surface area contributed by atoms with Crippen molar-refractivity contribution in [2.24, 2.45) is 0 Å². The van der Waals surface area contributed by atoms with E-state index in [1.165, 1.54) is 0 Å². The van der Waals surface area contributed by atoms with E-state index in [0.717, 1.165) is 19.4 Å². The molecular weight excluding hydrogens is 210 g/mol. The van der Waals surface area contributed by atoms with Crippen LogP contribution in [0.25, 0.3) is 0 Å². The van der Waals surface area contributed by atoms with E-state index in [9.17, 15) is 4.79 Å². The van der Waals surface area contributed by atoms with Gasteiger partial charge in [0.05, 0.1) is 0 Å². The minimum absolute atomic E-state index is 0.0445. The summed E-state index contributed by atoms with van der Waals surface area (Å²) >= 11 is 0. The van der Waals surface area contributed by atoms with Gasteiger partial charge in [-0.05, 0) is 19.8 Å². The Morgan fingerprint density at radius 1 is 1.12 bits per heavy atom. The Hall–Kier alpha value is -1.83. The van der Waals surface area contributed by atoms with E-state index in [1.54, 1.807) is 17.1 Å². The van der Waals surface area contributed by atoms with Crippen LogP contribution in [0.4, 0.5) is 0 Å². The van der Waals surface area contributed by atoms with Gasteiger partial charge in [0.15, 0.2) is 0 Å². The number of amides is 1. The lowest BCUT2D eigenvalue weighted by atomic mass is 10.2. The average Bonchev–Trinajstić information content (AvgIpc) is 2.38. The van der Waals surface area contributed by atoms with Gasteiger partial charge in [0.1, 0.15) is 0 Å². The quantitative estimate of drug-likeness (QED) is 0.534. The van der Waals surface area contributed by atoms with Crippen molar-refractivity contribution in [1.29, 1.82) is 0 Å². The van der Waals surface area contributed by atoms with Crippen molar-refractivity contribution >= 4 is 5.91 Å². The Kier molecular flexibility index (Phi) is 6.49. The highest BCUT2D eigenvalue weighted by atomic mass is 16.2. The lowest BCUT2D eigenvalue weighted by Gasteiger charge is -2.19. The van der Waals surface area contributed by atoms with E-state index in [-0.39, 0.29) is 5.91 Å². The number of hydrogen-bond acceptors (Lipinski definition) is 1. The third-order valence-electron chi connectivity index (χ3n) is 2.33. The van der Waals surface area contributed by atoms with E-state index in [0.29, 0.717) is 0 Å². The van der Waals surface area contributed by atoms with Gasteiger partial charge >= 0.3 is 0 Å². The third-order valence-corrected chi connectivity index (χ3v) is 2.33. The summed E-state index contributed by atoms with van der Waals surface area (Å²) in [5.74, 6) is 0.0445. The molecule has 0 saturated heterocycles. The molecule has 0 aromatic rings. The summed E-state index contributed by atoms with van der Waals surface area (Å²) in [6, 6.07) is 0. The molecule has 0 atom stereocenters. The largest absolute Gasteiger partial charge is 0.316 e. The van der Waals surface area contributed by atoms with Crippen LogP contribution < -0.4 is 0 Å². The Balaban J connectivity index is 2.35. The fraction of sp³-hybridized carbons (Fsp3) is 0.267. The predicted molar refractivity (Wildman–Crippen MR) is 72.3 cm³/mol. The van der Waals surface area contributed by atoms with Crippen LogP contribution in [0.2, 0.25) is 0 Å². The Bertz CT molecular complexity index is 372. The lowest BCUT2D eigenvalue weighted by Crippen LogP contribution is -2.26. The molecule has 2 heteroatoms. The molecule has 1 aliphatic heterocycles. The standard InChI is InChI=1S/C15H19NO/c1-2-3-4-5-6-7-9-12-15(17)16-13-10-8-11-14-16/h2-7,9-10,12-13H,8,11,14H2,1H3/b3-2-,5-4+,7-6+,12-9+. The van der Waals surface area contributed by atoms with Gasteiger partial charge in [-0.3, -0.25) is 4.79 Å². The molecule has 0 aliphatic carbocycles. The average molecular weight is 229 g/mol. The van der Waals surface area contributed by atoms with Gasteiger partial charge in [-0.15, -0.1) is 0 Å². The van der Waals surface area contributed by atoms with Gasteiger partial charge in [0.25, 0.3) is 0 Å². The smallest absolute Gasteiger partial charge is 0.250 e. The van der Waals surface area contributed by atoms with Gasteiger partial charge < -0.3 is 4.90 Å². The normalized spacial score (nSPS) is 17.1. The highest BCUT2D eigenvalue weighted by Crippen LogP contribution is 2.05. The fourth-order valence-corrected chi connectivity index (χ4v) is 1.44. The summed E-state index contributed by atoms with van der Waals surface area (Å²) in [6.07, 6.45) is 20.9. The van der Waals surface area contributed by atoms with Gasteiger partial charge in [-0.25, -0.2) is 0 Å². The zero-order valence-electron chi connectivity index (χ0n) is 10.3. The summed E-state index contributed by atoms with van der Waals surface area (Å²) in [4.78, 5) is 13.4. The van der Waals surface area contributed by atoms with Crippen LogP contribution in [0.1, 0.15) is 19.8 Å². The molecule has 17 heavy (non-hydrogen) atoms. The zero-order valence-corrected chi connectivity index (χ0v) is 10.3. The molecule has 0 saturated carbocycles. The topological polar surface area (TPSA) is 20.3 Å². The molecular formula is C15H19NO. The van der Waals surface area contributed by atoms with E-state index >= 15 is 0 Å². The van der Waals surface area contributed by atoms with Gasteiger partial charge in [0, 0.05) is 18.8 Å². The Morgan fingerprint density at radius 3 is 2.47 bits per heavy atom. The monoisotopic (exact) mass is 229 g/mol. The second-order valence-corrected chi connectivity index (χ2v) is 3.71. The number of nitrogens with zero attached hydrogens (tertiary/aromatic N) is 1. The van der Waals surface area contributed by atoms with Crippen LogP contribution in [0.3, 0.4) is 0 Å². The molecule has 0 aromatic carbocycles. The molecule has 1 heterocycles.